The molecule has 1 amide bonds. The maximum absolute atomic E-state index is 12.4. The predicted molar refractivity (Wildman–Crippen MR) is 139 cm³/mol. The van der Waals surface area contributed by atoms with E-state index in [-0.39, 0.29) is 12.1 Å². The Labute approximate surface area is 206 Å². The summed E-state index contributed by atoms with van der Waals surface area (Å²) in [5, 5.41) is 15.0. The molecule has 0 aliphatic rings. The number of anilines is 2. The first kappa shape index (κ1) is 21.6. The SMILES string of the molecule is CC(C)NC(=O)n1cc2ccc(-c3nc(Nc4ccc(-c5cn[nH]c5)cc4)c4occc4n3)cc2c1. The molecule has 2 aromatic carbocycles. The second-order valence-electron chi connectivity index (χ2n) is 8.83. The summed E-state index contributed by atoms with van der Waals surface area (Å²) in [6.07, 6.45) is 8.87. The number of carbonyl (C=O) groups is 1. The number of nitrogens with one attached hydrogen (secondary N) is 3. The van der Waals surface area contributed by atoms with Crippen molar-refractivity contribution in [3.8, 4) is 22.5 Å². The third-order valence-electron chi connectivity index (χ3n) is 5.83. The van der Waals surface area contributed by atoms with E-state index in [1.165, 1.54) is 0 Å². The molecule has 9 nitrogen and oxygen atoms in total. The van der Waals surface area contributed by atoms with Crippen LogP contribution < -0.4 is 10.6 Å². The van der Waals surface area contributed by atoms with Crippen molar-refractivity contribution >= 4 is 39.4 Å². The average Bonchev–Trinajstić information content (AvgIpc) is 3.64. The first-order valence-electron chi connectivity index (χ1n) is 11.6. The molecule has 0 fully saturated rings. The first-order chi connectivity index (χ1) is 17.5. The fourth-order valence-electron chi connectivity index (χ4n) is 4.09. The Morgan fingerprint density at radius 1 is 0.972 bits per heavy atom. The van der Waals surface area contributed by atoms with Crippen molar-refractivity contribution < 1.29 is 9.21 Å². The van der Waals surface area contributed by atoms with E-state index in [9.17, 15) is 4.79 Å². The van der Waals surface area contributed by atoms with E-state index in [0.29, 0.717) is 22.7 Å². The van der Waals surface area contributed by atoms with Gasteiger partial charge in [0.1, 0.15) is 5.52 Å². The maximum atomic E-state index is 12.4. The van der Waals surface area contributed by atoms with Crippen LogP contribution in [0.5, 0.6) is 0 Å². The van der Waals surface area contributed by atoms with Gasteiger partial charge in [-0.3, -0.25) is 9.67 Å². The Morgan fingerprint density at radius 2 is 1.78 bits per heavy atom. The summed E-state index contributed by atoms with van der Waals surface area (Å²) >= 11 is 0. The van der Waals surface area contributed by atoms with E-state index in [0.717, 1.165) is 33.2 Å². The van der Waals surface area contributed by atoms with Gasteiger partial charge in [-0.25, -0.2) is 14.8 Å². The minimum absolute atomic E-state index is 0.0569. The fraction of sp³-hybridized carbons (Fsp3) is 0.111. The number of aromatic nitrogens is 5. The van der Waals surface area contributed by atoms with E-state index >= 15 is 0 Å². The van der Waals surface area contributed by atoms with E-state index in [4.69, 9.17) is 14.4 Å². The lowest BCUT2D eigenvalue weighted by Crippen LogP contribution is -2.33. The second kappa shape index (κ2) is 8.70. The quantitative estimate of drug-likeness (QED) is 0.283. The molecule has 0 saturated carbocycles. The molecule has 4 aromatic heterocycles. The molecule has 0 bridgehead atoms. The molecule has 0 spiro atoms. The standard InChI is InChI=1S/C27H23N7O2/c1-16(2)30-27(35)34-14-19-4-3-18(11-20(19)15-34)25-32-23-9-10-36-24(23)26(33-25)31-22-7-5-17(6-8-22)21-12-28-29-13-21/h3-16H,1-2H3,(H,28,29)(H,30,35)(H,31,32,33). The monoisotopic (exact) mass is 477 g/mol. The Morgan fingerprint density at radius 3 is 2.56 bits per heavy atom. The third-order valence-corrected chi connectivity index (χ3v) is 5.83. The fourth-order valence-corrected chi connectivity index (χ4v) is 4.09. The summed E-state index contributed by atoms with van der Waals surface area (Å²) in [6.45, 7) is 3.87. The van der Waals surface area contributed by atoms with Gasteiger partial charge in [0, 0.05) is 52.9 Å². The smallest absolute Gasteiger partial charge is 0.325 e. The molecule has 6 rings (SSSR count). The van der Waals surface area contributed by atoms with Crippen molar-refractivity contribution in [2.75, 3.05) is 5.32 Å². The van der Waals surface area contributed by atoms with Crippen LogP contribution in [-0.2, 0) is 0 Å². The number of hydrogen-bond donors (Lipinski definition) is 3. The summed E-state index contributed by atoms with van der Waals surface area (Å²) in [6, 6.07) is 15.6. The van der Waals surface area contributed by atoms with Gasteiger partial charge in [0.2, 0.25) is 0 Å². The van der Waals surface area contributed by atoms with Gasteiger partial charge in [-0.05, 0) is 43.0 Å². The number of furan rings is 1. The first-order valence-corrected chi connectivity index (χ1v) is 11.6. The Balaban J connectivity index is 1.33. The molecule has 0 saturated heterocycles. The van der Waals surface area contributed by atoms with Crippen molar-refractivity contribution in [1.82, 2.24) is 30.0 Å². The van der Waals surface area contributed by atoms with Crippen molar-refractivity contribution in [1.29, 1.82) is 0 Å². The predicted octanol–water partition coefficient (Wildman–Crippen LogP) is 5.94. The zero-order valence-corrected chi connectivity index (χ0v) is 19.7. The van der Waals surface area contributed by atoms with Gasteiger partial charge in [0.25, 0.3) is 0 Å². The lowest BCUT2D eigenvalue weighted by atomic mass is 10.1. The summed E-state index contributed by atoms with van der Waals surface area (Å²) in [7, 11) is 0. The molecule has 4 heterocycles. The Kier molecular flexibility index (Phi) is 5.22. The maximum Gasteiger partial charge on any atom is 0.325 e. The van der Waals surface area contributed by atoms with Crippen LogP contribution in [0.4, 0.5) is 16.3 Å². The summed E-state index contributed by atoms with van der Waals surface area (Å²) < 4.78 is 7.24. The molecular formula is C27H23N7O2. The summed E-state index contributed by atoms with van der Waals surface area (Å²) in [4.78, 5) is 21.9. The van der Waals surface area contributed by atoms with Crippen LogP contribution in [0.15, 0.2) is 84.0 Å². The van der Waals surface area contributed by atoms with Crippen molar-refractivity contribution in [3.63, 3.8) is 0 Å². The van der Waals surface area contributed by atoms with Crippen LogP contribution in [0.3, 0.4) is 0 Å². The number of fused-ring (bicyclic) bond motifs is 2. The van der Waals surface area contributed by atoms with Crippen molar-refractivity contribution in [3.05, 3.63) is 79.6 Å². The van der Waals surface area contributed by atoms with E-state index < -0.39 is 0 Å². The molecule has 9 heteroatoms. The van der Waals surface area contributed by atoms with E-state index in [2.05, 4.69) is 20.8 Å². The van der Waals surface area contributed by atoms with Crippen LogP contribution in [0, 0.1) is 0 Å². The number of aromatic amines is 1. The van der Waals surface area contributed by atoms with Crippen LogP contribution in [0.1, 0.15) is 13.8 Å². The number of benzene rings is 2. The number of carbonyl (C=O) groups excluding carboxylic acids is 1. The molecule has 6 aromatic rings. The highest BCUT2D eigenvalue weighted by Crippen LogP contribution is 2.30. The summed E-state index contributed by atoms with van der Waals surface area (Å²) in [5.74, 6) is 1.13. The number of H-pyrrole nitrogens is 1. The van der Waals surface area contributed by atoms with Gasteiger partial charge < -0.3 is 15.1 Å². The number of hydrogen-bond acceptors (Lipinski definition) is 6. The number of nitrogens with zero attached hydrogens (tertiary/aromatic N) is 4. The van der Waals surface area contributed by atoms with Crippen molar-refractivity contribution in [2.45, 2.75) is 19.9 Å². The molecule has 178 valence electrons. The minimum atomic E-state index is -0.163. The molecule has 0 radical (unpaired) electrons. The highest BCUT2D eigenvalue weighted by molar-refractivity contribution is 5.92. The molecule has 0 aliphatic carbocycles. The zero-order valence-electron chi connectivity index (χ0n) is 19.7. The third kappa shape index (κ3) is 4.07. The molecule has 0 unspecified atom stereocenters. The van der Waals surface area contributed by atoms with Crippen LogP contribution in [-0.4, -0.2) is 36.8 Å². The molecular weight excluding hydrogens is 454 g/mol. The lowest BCUT2D eigenvalue weighted by Gasteiger charge is -2.09. The highest BCUT2D eigenvalue weighted by atomic mass is 16.3. The topological polar surface area (TPSA) is 114 Å². The van der Waals surface area contributed by atoms with Crippen LogP contribution >= 0.6 is 0 Å². The average molecular weight is 478 g/mol. The number of amides is 1. The van der Waals surface area contributed by atoms with Gasteiger partial charge in [-0.1, -0.05) is 24.3 Å². The summed E-state index contributed by atoms with van der Waals surface area (Å²) in [5.41, 5.74) is 5.06. The van der Waals surface area contributed by atoms with Crippen LogP contribution in [0.2, 0.25) is 0 Å². The largest absolute Gasteiger partial charge is 0.459 e. The lowest BCUT2D eigenvalue weighted by molar-refractivity contribution is 0.240. The second-order valence-corrected chi connectivity index (χ2v) is 8.83. The van der Waals surface area contributed by atoms with E-state index in [1.807, 2.05) is 81.0 Å². The molecule has 0 atom stereocenters. The molecule has 0 aliphatic heterocycles. The molecule has 3 N–H and O–H groups in total. The van der Waals surface area contributed by atoms with Gasteiger partial charge in [-0.2, -0.15) is 5.10 Å². The van der Waals surface area contributed by atoms with Gasteiger partial charge in [0.05, 0.1) is 12.5 Å². The van der Waals surface area contributed by atoms with Gasteiger partial charge >= 0.3 is 6.03 Å². The van der Waals surface area contributed by atoms with Crippen LogP contribution in [0.25, 0.3) is 44.4 Å². The Bertz CT molecular complexity index is 1680. The zero-order chi connectivity index (χ0) is 24.6. The van der Waals surface area contributed by atoms with E-state index in [1.54, 1.807) is 17.0 Å². The minimum Gasteiger partial charge on any atom is -0.459 e. The Hall–Kier alpha value is -4.92. The normalized spacial score (nSPS) is 11.4. The number of rotatable bonds is 5. The van der Waals surface area contributed by atoms with Gasteiger partial charge in [-0.15, -0.1) is 0 Å². The van der Waals surface area contributed by atoms with Crippen molar-refractivity contribution in [2.24, 2.45) is 0 Å². The molecule has 36 heavy (non-hydrogen) atoms. The highest BCUT2D eigenvalue weighted by Gasteiger charge is 2.14. The van der Waals surface area contributed by atoms with Gasteiger partial charge in [0.15, 0.2) is 17.2 Å².